The fourth-order valence-corrected chi connectivity index (χ4v) is 2.74. The van der Waals surface area contributed by atoms with Crippen LogP contribution >= 0.6 is 11.8 Å². The zero-order valence-electron chi connectivity index (χ0n) is 10.6. The highest BCUT2D eigenvalue weighted by molar-refractivity contribution is 7.98. The lowest BCUT2D eigenvalue weighted by Gasteiger charge is -1.96. The Labute approximate surface area is 118 Å². The van der Waals surface area contributed by atoms with Crippen LogP contribution in [0.25, 0.3) is 11.0 Å². The Morgan fingerprint density at radius 1 is 1.40 bits per heavy atom. The van der Waals surface area contributed by atoms with Crippen molar-refractivity contribution in [3.8, 4) is 0 Å². The summed E-state index contributed by atoms with van der Waals surface area (Å²) >= 11 is 1.31. The van der Waals surface area contributed by atoms with E-state index in [1.165, 1.54) is 11.8 Å². The van der Waals surface area contributed by atoms with E-state index < -0.39 is 5.97 Å². The van der Waals surface area contributed by atoms with Gasteiger partial charge in [0.25, 0.3) is 5.22 Å². The van der Waals surface area contributed by atoms with Gasteiger partial charge in [0.05, 0.1) is 11.4 Å². The van der Waals surface area contributed by atoms with Gasteiger partial charge in [-0.05, 0) is 13.0 Å². The number of hydrogen-bond donors (Lipinski definition) is 1. The van der Waals surface area contributed by atoms with Crippen molar-refractivity contribution in [2.45, 2.75) is 17.9 Å². The second-order valence-corrected chi connectivity index (χ2v) is 5.17. The molecular formula is C14H11NO4S. The molecule has 0 radical (unpaired) electrons. The maximum atomic E-state index is 11.4. The number of para-hydroxylation sites is 1. The Bertz CT molecular complexity index is 774. The molecule has 1 aromatic carbocycles. The van der Waals surface area contributed by atoms with Crippen molar-refractivity contribution in [2.75, 3.05) is 0 Å². The largest absolute Gasteiger partial charge is 0.478 e. The summed E-state index contributed by atoms with van der Waals surface area (Å²) in [5.41, 5.74) is 1.57. The fourth-order valence-electron chi connectivity index (χ4n) is 1.96. The Hall–Kier alpha value is -2.21. The summed E-state index contributed by atoms with van der Waals surface area (Å²) in [7, 11) is 0. The lowest BCUT2D eigenvalue weighted by Crippen LogP contribution is -1.98. The van der Waals surface area contributed by atoms with E-state index in [1.807, 2.05) is 13.0 Å². The highest BCUT2D eigenvalue weighted by Crippen LogP contribution is 2.30. The highest BCUT2D eigenvalue weighted by atomic mass is 32.2. The molecule has 0 unspecified atom stereocenters. The molecule has 0 saturated carbocycles. The second kappa shape index (κ2) is 5.05. The van der Waals surface area contributed by atoms with Gasteiger partial charge in [0, 0.05) is 5.39 Å². The number of oxazole rings is 1. The van der Waals surface area contributed by atoms with Crippen molar-refractivity contribution in [1.82, 2.24) is 4.98 Å². The first-order valence-electron chi connectivity index (χ1n) is 5.94. The number of carbonyl (C=O) groups is 1. The summed E-state index contributed by atoms with van der Waals surface area (Å²) in [4.78, 5) is 15.6. The van der Waals surface area contributed by atoms with Crippen molar-refractivity contribution < 1.29 is 18.7 Å². The van der Waals surface area contributed by atoms with E-state index >= 15 is 0 Å². The number of furan rings is 1. The smallest absolute Gasteiger partial charge is 0.339 e. The lowest BCUT2D eigenvalue weighted by molar-refractivity contribution is 0.0697. The maximum absolute atomic E-state index is 11.4. The summed E-state index contributed by atoms with van der Waals surface area (Å²) in [6.45, 7) is 1.83. The molecule has 0 bridgehead atoms. The molecule has 3 rings (SSSR count). The molecule has 0 saturated heterocycles. The highest BCUT2D eigenvalue weighted by Gasteiger charge is 2.20. The first kappa shape index (κ1) is 12.8. The minimum absolute atomic E-state index is 0.205. The van der Waals surface area contributed by atoms with Gasteiger partial charge in [-0.3, -0.25) is 0 Å². The number of hydrogen-bond acceptors (Lipinski definition) is 5. The molecule has 6 heteroatoms. The molecule has 20 heavy (non-hydrogen) atoms. The van der Waals surface area contributed by atoms with Crippen molar-refractivity contribution in [1.29, 1.82) is 0 Å². The Balaban J connectivity index is 1.94. The third kappa shape index (κ3) is 2.30. The van der Waals surface area contributed by atoms with E-state index in [9.17, 15) is 9.90 Å². The third-order valence-electron chi connectivity index (χ3n) is 2.81. The number of aromatic nitrogens is 1. The van der Waals surface area contributed by atoms with Crippen LogP contribution in [0, 0.1) is 6.92 Å². The molecule has 0 aliphatic rings. The maximum Gasteiger partial charge on any atom is 0.339 e. The Morgan fingerprint density at radius 2 is 2.20 bits per heavy atom. The topological polar surface area (TPSA) is 76.5 Å². The van der Waals surface area contributed by atoms with Gasteiger partial charge in [-0.2, -0.15) is 0 Å². The van der Waals surface area contributed by atoms with Crippen molar-refractivity contribution in [2.24, 2.45) is 0 Å². The van der Waals surface area contributed by atoms with Gasteiger partial charge < -0.3 is 13.9 Å². The van der Waals surface area contributed by atoms with Gasteiger partial charge in [-0.1, -0.05) is 30.0 Å². The molecule has 0 aliphatic carbocycles. The normalized spacial score (nSPS) is 11.1. The number of carboxylic acid groups (broad SMARTS) is 1. The van der Waals surface area contributed by atoms with Crippen LogP contribution < -0.4 is 0 Å². The predicted molar refractivity (Wildman–Crippen MR) is 74.0 cm³/mol. The van der Waals surface area contributed by atoms with Gasteiger partial charge in [-0.15, -0.1) is 0 Å². The first-order chi connectivity index (χ1) is 9.65. The second-order valence-electron chi connectivity index (χ2n) is 4.25. The molecule has 3 aromatic rings. The van der Waals surface area contributed by atoms with Crippen LogP contribution in [0.4, 0.5) is 0 Å². The van der Waals surface area contributed by atoms with Crippen LogP contribution in [0.5, 0.6) is 0 Å². The van der Waals surface area contributed by atoms with Gasteiger partial charge in [0.2, 0.25) is 0 Å². The Kier molecular flexibility index (Phi) is 3.23. The fraction of sp³-hybridized carbons (Fsp3) is 0.143. The van der Waals surface area contributed by atoms with Crippen LogP contribution in [0.15, 0.2) is 44.6 Å². The van der Waals surface area contributed by atoms with Gasteiger partial charge in [0.15, 0.2) is 0 Å². The average Bonchev–Trinajstić information content (AvgIpc) is 2.99. The summed E-state index contributed by atoms with van der Waals surface area (Å²) in [5, 5.41) is 10.5. The quantitative estimate of drug-likeness (QED) is 0.738. The molecule has 0 amide bonds. The number of benzene rings is 1. The summed E-state index contributed by atoms with van der Waals surface area (Å²) in [5.74, 6) is -0.218. The van der Waals surface area contributed by atoms with E-state index in [1.54, 1.807) is 24.5 Å². The van der Waals surface area contributed by atoms with Gasteiger partial charge >= 0.3 is 5.97 Å². The zero-order chi connectivity index (χ0) is 14.1. The summed E-state index contributed by atoms with van der Waals surface area (Å²) in [6, 6.07) is 7.10. The third-order valence-corrected chi connectivity index (χ3v) is 3.65. The molecule has 0 aliphatic heterocycles. The number of aryl methyl sites for hydroxylation is 1. The van der Waals surface area contributed by atoms with E-state index in [0.29, 0.717) is 27.7 Å². The van der Waals surface area contributed by atoms with E-state index in [-0.39, 0.29) is 5.56 Å². The molecular weight excluding hydrogens is 278 g/mol. The number of nitrogens with zero attached hydrogens (tertiary/aromatic N) is 1. The van der Waals surface area contributed by atoms with Gasteiger partial charge in [-0.25, -0.2) is 9.78 Å². The SMILES string of the molecule is Cc1coc(SCc2oc3ccccc3c2C(=O)O)n1. The molecule has 0 spiro atoms. The monoisotopic (exact) mass is 289 g/mol. The zero-order valence-corrected chi connectivity index (χ0v) is 11.4. The number of aromatic carboxylic acids is 1. The standard InChI is InChI=1S/C14H11NO4S/c1-8-6-18-14(15-8)20-7-11-12(13(16)17)9-4-2-3-5-10(9)19-11/h2-6H,7H2,1H3,(H,16,17). The Morgan fingerprint density at radius 3 is 2.90 bits per heavy atom. The van der Waals surface area contributed by atoms with Crippen molar-refractivity contribution in [3.63, 3.8) is 0 Å². The van der Waals surface area contributed by atoms with Gasteiger partial charge in [0.1, 0.15) is 23.2 Å². The molecule has 0 atom stereocenters. The van der Waals surface area contributed by atoms with Crippen LogP contribution in [0.1, 0.15) is 21.8 Å². The van der Waals surface area contributed by atoms with Crippen LogP contribution in [0.2, 0.25) is 0 Å². The molecule has 102 valence electrons. The van der Waals surface area contributed by atoms with Crippen LogP contribution in [-0.4, -0.2) is 16.1 Å². The average molecular weight is 289 g/mol. The number of thioether (sulfide) groups is 1. The van der Waals surface area contributed by atoms with Crippen LogP contribution in [0.3, 0.4) is 0 Å². The lowest BCUT2D eigenvalue weighted by atomic mass is 10.1. The number of fused-ring (bicyclic) bond motifs is 1. The molecule has 5 nitrogen and oxygen atoms in total. The summed E-state index contributed by atoms with van der Waals surface area (Å²) < 4.78 is 10.8. The predicted octanol–water partition coefficient (Wildman–Crippen LogP) is 3.72. The van der Waals surface area contributed by atoms with Crippen molar-refractivity contribution >= 4 is 28.7 Å². The minimum atomic E-state index is -0.992. The molecule has 0 fully saturated rings. The van der Waals surface area contributed by atoms with E-state index in [4.69, 9.17) is 8.83 Å². The number of rotatable bonds is 4. The van der Waals surface area contributed by atoms with Crippen LogP contribution in [-0.2, 0) is 5.75 Å². The molecule has 1 N–H and O–H groups in total. The molecule has 2 aromatic heterocycles. The van der Waals surface area contributed by atoms with E-state index in [0.717, 1.165) is 5.69 Å². The number of carboxylic acids is 1. The van der Waals surface area contributed by atoms with E-state index in [2.05, 4.69) is 4.98 Å². The first-order valence-corrected chi connectivity index (χ1v) is 6.92. The summed E-state index contributed by atoms with van der Waals surface area (Å²) in [6.07, 6.45) is 1.55. The van der Waals surface area contributed by atoms with Crippen molar-refractivity contribution in [3.05, 3.63) is 47.5 Å². The molecule has 2 heterocycles. The minimum Gasteiger partial charge on any atom is -0.478 e.